The van der Waals surface area contributed by atoms with Crippen molar-refractivity contribution in [2.75, 3.05) is 5.32 Å². The molecule has 1 aromatic heterocycles. The monoisotopic (exact) mass is 233 g/mol. The van der Waals surface area contributed by atoms with Crippen molar-refractivity contribution in [1.82, 2.24) is 10.2 Å². The van der Waals surface area contributed by atoms with Crippen LogP contribution in [0.4, 0.5) is 5.69 Å². The van der Waals surface area contributed by atoms with Gasteiger partial charge in [-0.05, 0) is 18.2 Å². The number of nitrogens with one attached hydrogen (secondary N) is 1. The van der Waals surface area contributed by atoms with Crippen molar-refractivity contribution in [3.05, 3.63) is 53.3 Å². The molecule has 0 saturated heterocycles. The van der Waals surface area contributed by atoms with Crippen molar-refractivity contribution in [1.29, 1.82) is 0 Å². The van der Waals surface area contributed by atoms with E-state index in [1.165, 1.54) is 12.3 Å². The number of hydrogen-bond donors (Lipinski definition) is 1. The second-order valence-corrected chi connectivity index (χ2v) is 3.47. The number of halogens is 1. The molecule has 0 spiro atoms. The summed E-state index contributed by atoms with van der Waals surface area (Å²) in [6.07, 6.45) is 1.37. The third-order valence-corrected chi connectivity index (χ3v) is 2.10. The van der Waals surface area contributed by atoms with Crippen LogP contribution in [0, 0.1) is 0 Å². The molecule has 2 aromatic rings. The van der Waals surface area contributed by atoms with Gasteiger partial charge in [-0.3, -0.25) is 4.79 Å². The van der Waals surface area contributed by atoms with Crippen LogP contribution in [-0.4, -0.2) is 16.1 Å². The van der Waals surface area contributed by atoms with Crippen molar-refractivity contribution in [2.45, 2.75) is 0 Å². The van der Waals surface area contributed by atoms with Crippen molar-refractivity contribution in [3.63, 3.8) is 0 Å². The molecule has 80 valence electrons. The summed E-state index contributed by atoms with van der Waals surface area (Å²) in [6.45, 7) is 0. The first kappa shape index (κ1) is 10.6. The second kappa shape index (κ2) is 4.72. The first-order valence-corrected chi connectivity index (χ1v) is 4.98. The number of hydrogen-bond acceptors (Lipinski definition) is 3. The molecule has 0 aliphatic rings. The highest BCUT2D eigenvalue weighted by atomic mass is 35.5. The van der Waals surface area contributed by atoms with E-state index < -0.39 is 0 Å². The van der Waals surface area contributed by atoms with Gasteiger partial charge < -0.3 is 5.32 Å². The zero-order valence-corrected chi connectivity index (χ0v) is 8.98. The molecule has 0 bridgehead atoms. The Morgan fingerprint density at radius 3 is 2.69 bits per heavy atom. The molecule has 0 aliphatic heterocycles. The summed E-state index contributed by atoms with van der Waals surface area (Å²) in [5.41, 5.74) is 1.10. The fraction of sp³-hybridized carbons (Fsp3) is 0. The first-order valence-electron chi connectivity index (χ1n) is 4.60. The SMILES string of the molecule is O=C(Nc1ccccc1)c1cnnc(Cl)c1. The van der Waals surface area contributed by atoms with Crippen LogP contribution in [0.5, 0.6) is 0 Å². The average Bonchev–Trinajstić information content (AvgIpc) is 2.30. The summed E-state index contributed by atoms with van der Waals surface area (Å²) in [6, 6.07) is 10.6. The highest BCUT2D eigenvalue weighted by molar-refractivity contribution is 6.29. The molecule has 5 heteroatoms. The highest BCUT2D eigenvalue weighted by Gasteiger charge is 2.06. The van der Waals surface area contributed by atoms with Crippen molar-refractivity contribution < 1.29 is 4.79 Å². The van der Waals surface area contributed by atoms with Gasteiger partial charge in [-0.15, -0.1) is 5.10 Å². The van der Waals surface area contributed by atoms with Crippen molar-refractivity contribution in [2.24, 2.45) is 0 Å². The predicted molar refractivity (Wildman–Crippen MR) is 61.4 cm³/mol. The molecule has 16 heavy (non-hydrogen) atoms. The minimum atomic E-state index is -0.261. The molecule has 4 nitrogen and oxygen atoms in total. The normalized spacial score (nSPS) is 9.81. The average molecular weight is 234 g/mol. The Balaban J connectivity index is 2.15. The summed E-state index contributed by atoms with van der Waals surface area (Å²) in [7, 11) is 0. The van der Waals surface area contributed by atoms with Gasteiger partial charge in [0.1, 0.15) is 0 Å². The van der Waals surface area contributed by atoms with Gasteiger partial charge in [-0.1, -0.05) is 29.8 Å². The van der Waals surface area contributed by atoms with E-state index in [1.54, 1.807) is 12.1 Å². The van der Waals surface area contributed by atoms with Gasteiger partial charge in [0.15, 0.2) is 5.15 Å². The maximum Gasteiger partial charge on any atom is 0.257 e. The topological polar surface area (TPSA) is 54.9 Å². The lowest BCUT2D eigenvalue weighted by molar-refractivity contribution is 0.102. The van der Waals surface area contributed by atoms with Crippen LogP contribution in [-0.2, 0) is 0 Å². The van der Waals surface area contributed by atoms with Crippen LogP contribution in [0.15, 0.2) is 42.6 Å². The second-order valence-electron chi connectivity index (χ2n) is 3.09. The fourth-order valence-electron chi connectivity index (χ4n) is 1.19. The largest absolute Gasteiger partial charge is 0.322 e. The molecule has 0 fully saturated rings. The molecule has 0 unspecified atom stereocenters. The van der Waals surface area contributed by atoms with Crippen molar-refractivity contribution in [3.8, 4) is 0 Å². The number of para-hydroxylation sites is 1. The lowest BCUT2D eigenvalue weighted by Crippen LogP contribution is -2.12. The standard InChI is InChI=1S/C11H8ClN3O/c12-10-6-8(7-13-15-10)11(16)14-9-4-2-1-3-5-9/h1-7H,(H,14,16). The Bertz CT molecular complexity index is 502. The number of carbonyl (C=O) groups is 1. The third kappa shape index (κ3) is 2.55. The minimum absolute atomic E-state index is 0.195. The highest BCUT2D eigenvalue weighted by Crippen LogP contribution is 2.10. The van der Waals surface area contributed by atoms with E-state index in [-0.39, 0.29) is 11.1 Å². The lowest BCUT2D eigenvalue weighted by atomic mass is 10.2. The van der Waals surface area contributed by atoms with Crippen LogP contribution in [0.2, 0.25) is 5.15 Å². The van der Waals surface area contributed by atoms with E-state index in [1.807, 2.05) is 18.2 Å². The van der Waals surface area contributed by atoms with Gasteiger partial charge in [0.25, 0.3) is 5.91 Å². The Morgan fingerprint density at radius 2 is 2.00 bits per heavy atom. The maximum absolute atomic E-state index is 11.7. The lowest BCUT2D eigenvalue weighted by Gasteiger charge is -2.03. The van der Waals surface area contributed by atoms with Crippen LogP contribution in [0.25, 0.3) is 0 Å². The van der Waals surface area contributed by atoms with Gasteiger partial charge >= 0.3 is 0 Å². The minimum Gasteiger partial charge on any atom is -0.322 e. The van der Waals surface area contributed by atoms with E-state index in [2.05, 4.69) is 15.5 Å². The predicted octanol–water partition coefficient (Wildman–Crippen LogP) is 2.38. The molecule has 0 atom stereocenters. The number of rotatable bonds is 2. The van der Waals surface area contributed by atoms with E-state index >= 15 is 0 Å². The molecule has 0 saturated carbocycles. The van der Waals surface area contributed by atoms with E-state index in [9.17, 15) is 4.79 Å². The number of amides is 1. The Kier molecular flexibility index (Phi) is 3.12. The Morgan fingerprint density at radius 1 is 1.25 bits per heavy atom. The van der Waals surface area contributed by atoms with Gasteiger partial charge in [0.2, 0.25) is 0 Å². The van der Waals surface area contributed by atoms with Crippen molar-refractivity contribution >= 4 is 23.2 Å². The van der Waals surface area contributed by atoms with Crippen LogP contribution in [0.1, 0.15) is 10.4 Å². The molecule has 2 rings (SSSR count). The number of carbonyl (C=O) groups excluding carboxylic acids is 1. The molecule has 0 aliphatic carbocycles. The molecule has 0 radical (unpaired) electrons. The van der Waals surface area contributed by atoms with Gasteiger partial charge in [-0.2, -0.15) is 5.10 Å². The zero-order valence-electron chi connectivity index (χ0n) is 8.22. The van der Waals surface area contributed by atoms with Crippen LogP contribution >= 0.6 is 11.6 Å². The summed E-state index contributed by atoms with van der Waals surface area (Å²) in [5.74, 6) is -0.261. The molecular weight excluding hydrogens is 226 g/mol. The Hall–Kier alpha value is -1.94. The fourth-order valence-corrected chi connectivity index (χ4v) is 1.35. The Labute approximate surface area is 97.3 Å². The molecule has 1 heterocycles. The van der Waals surface area contributed by atoms with E-state index in [0.717, 1.165) is 5.69 Å². The summed E-state index contributed by atoms with van der Waals surface area (Å²) in [4.78, 5) is 11.7. The number of aromatic nitrogens is 2. The number of anilines is 1. The van der Waals surface area contributed by atoms with Gasteiger partial charge in [0.05, 0.1) is 11.8 Å². The van der Waals surface area contributed by atoms with Gasteiger partial charge in [-0.25, -0.2) is 0 Å². The van der Waals surface area contributed by atoms with E-state index in [4.69, 9.17) is 11.6 Å². The quantitative estimate of drug-likeness (QED) is 0.867. The van der Waals surface area contributed by atoms with Crippen LogP contribution in [0.3, 0.4) is 0 Å². The smallest absolute Gasteiger partial charge is 0.257 e. The third-order valence-electron chi connectivity index (χ3n) is 1.92. The molecular formula is C11H8ClN3O. The van der Waals surface area contributed by atoms with Gasteiger partial charge in [0, 0.05) is 5.69 Å². The first-order chi connectivity index (χ1) is 7.75. The van der Waals surface area contributed by atoms with E-state index in [0.29, 0.717) is 5.56 Å². The molecule has 1 amide bonds. The maximum atomic E-state index is 11.7. The molecule has 1 aromatic carbocycles. The number of benzene rings is 1. The zero-order chi connectivity index (χ0) is 11.4. The summed E-state index contributed by atoms with van der Waals surface area (Å²) in [5, 5.41) is 10.1. The number of nitrogens with zero attached hydrogens (tertiary/aromatic N) is 2. The summed E-state index contributed by atoms with van der Waals surface area (Å²) >= 11 is 5.64. The summed E-state index contributed by atoms with van der Waals surface area (Å²) < 4.78 is 0. The van der Waals surface area contributed by atoms with Crippen LogP contribution < -0.4 is 5.32 Å². The molecule has 1 N–H and O–H groups in total.